The number of nitrogens with zero attached hydrogens (tertiary/aromatic N) is 1. The smallest absolute Gasteiger partial charge is 0.307 e. The van der Waals surface area contributed by atoms with Gasteiger partial charge in [-0.1, -0.05) is 20.8 Å². The van der Waals surface area contributed by atoms with Crippen molar-refractivity contribution in [3.63, 3.8) is 0 Å². The van der Waals surface area contributed by atoms with Crippen molar-refractivity contribution in [2.24, 2.45) is 17.3 Å². The number of H-pyrrole nitrogens is 1. The Hall–Kier alpha value is -1.85. The van der Waals surface area contributed by atoms with Gasteiger partial charge in [-0.15, -0.1) is 0 Å². The maximum atomic E-state index is 12.2. The molecule has 6 heteroatoms. The van der Waals surface area contributed by atoms with Gasteiger partial charge in [-0.05, 0) is 11.8 Å². The number of aromatic amines is 1. The van der Waals surface area contributed by atoms with Crippen molar-refractivity contribution in [3.8, 4) is 0 Å². The Bertz CT molecular complexity index is 481. The molecule has 1 amide bonds. The number of rotatable bonds is 5. The molecule has 0 aliphatic heterocycles. The zero-order valence-corrected chi connectivity index (χ0v) is 11.3. The van der Waals surface area contributed by atoms with Crippen LogP contribution in [0.3, 0.4) is 0 Å². The molecule has 1 aliphatic rings. The molecule has 0 bridgehead atoms. The van der Waals surface area contributed by atoms with E-state index in [2.05, 4.69) is 15.3 Å². The van der Waals surface area contributed by atoms with Gasteiger partial charge < -0.3 is 15.4 Å². The quantitative estimate of drug-likeness (QED) is 0.748. The van der Waals surface area contributed by atoms with Crippen LogP contribution in [0, 0.1) is 17.3 Å². The summed E-state index contributed by atoms with van der Waals surface area (Å²) in [6.07, 6.45) is 4.03. The number of carbonyl (C=O) groups excluding carboxylic acids is 1. The second-order valence-corrected chi connectivity index (χ2v) is 5.56. The number of carbonyl (C=O) groups is 2. The molecule has 1 aliphatic carbocycles. The summed E-state index contributed by atoms with van der Waals surface area (Å²) in [6.45, 7) is 5.56. The van der Waals surface area contributed by atoms with Crippen LogP contribution in [0.1, 0.15) is 39.1 Å². The molecular formula is C13H19N3O3. The standard InChI is InChI=1S/C13H19N3O3/c1-4-7(10-14-5-6-15-10)16-11(17)8-9(12(18)19)13(8,2)3/h5-9H,4H2,1-3H3,(H,14,15)(H,16,17)(H,18,19)/t7?,8-,9+/m1/s1. The molecule has 2 rings (SSSR count). The van der Waals surface area contributed by atoms with E-state index < -0.39 is 23.2 Å². The highest BCUT2D eigenvalue weighted by molar-refractivity contribution is 5.91. The average Bonchev–Trinajstić information content (AvgIpc) is 2.74. The molecule has 19 heavy (non-hydrogen) atoms. The first-order valence-electron chi connectivity index (χ1n) is 6.42. The van der Waals surface area contributed by atoms with E-state index in [0.29, 0.717) is 12.2 Å². The van der Waals surface area contributed by atoms with Crippen molar-refractivity contribution in [1.29, 1.82) is 0 Å². The molecule has 1 fully saturated rings. The van der Waals surface area contributed by atoms with Gasteiger partial charge in [0.05, 0.1) is 17.9 Å². The number of aromatic nitrogens is 2. The molecule has 0 aromatic carbocycles. The fourth-order valence-corrected chi connectivity index (χ4v) is 2.68. The topological polar surface area (TPSA) is 95.1 Å². The Morgan fingerprint density at radius 3 is 2.63 bits per heavy atom. The number of nitrogens with one attached hydrogen (secondary N) is 2. The van der Waals surface area contributed by atoms with Crippen LogP contribution in [0.15, 0.2) is 12.4 Å². The van der Waals surface area contributed by atoms with Gasteiger partial charge in [0.15, 0.2) is 0 Å². The third kappa shape index (κ3) is 2.34. The maximum absolute atomic E-state index is 12.2. The van der Waals surface area contributed by atoms with Gasteiger partial charge in [0.2, 0.25) is 5.91 Å². The zero-order valence-electron chi connectivity index (χ0n) is 11.3. The van der Waals surface area contributed by atoms with Gasteiger partial charge in [0.1, 0.15) is 5.82 Å². The third-order valence-corrected chi connectivity index (χ3v) is 3.95. The lowest BCUT2D eigenvalue weighted by molar-refractivity contribution is -0.140. The first-order valence-corrected chi connectivity index (χ1v) is 6.42. The van der Waals surface area contributed by atoms with Gasteiger partial charge in [-0.25, -0.2) is 4.98 Å². The molecule has 1 heterocycles. The minimum absolute atomic E-state index is 0.201. The van der Waals surface area contributed by atoms with E-state index in [1.54, 1.807) is 12.4 Å². The molecule has 0 saturated heterocycles. The number of carboxylic acid groups (broad SMARTS) is 1. The van der Waals surface area contributed by atoms with Crippen molar-refractivity contribution in [2.45, 2.75) is 33.2 Å². The van der Waals surface area contributed by atoms with E-state index in [1.165, 1.54) is 0 Å². The van der Waals surface area contributed by atoms with Crippen LogP contribution in [0.5, 0.6) is 0 Å². The molecular weight excluding hydrogens is 246 g/mol. The SMILES string of the molecule is CCC(NC(=O)[C@H]1[C@@H](C(=O)O)C1(C)C)c1ncc[nH]1. The highest BCUT2D eigenvalue weighted by atomic mass is 16.4. The van der Waals surface area contributed by atoms with Gasteiger partial charge in [-0.2, -0.15) is 0 Å². The lowest BCUT2D eigenvalue weighted by Crippen LogP contribution is -2.31. The highest BCUT2D eigenvalue weighted by Gasteiger charge is 2.66. The van der Waals surface area contributed by atoms with Crippen LogP contribution >= 0.6 is 0 Å². The average molecular weight is 265 g/mol. The summed E-state index contributed by atoms with van der Waals surface area (Å²) in [5.41, 5.74) is -0.475. The summed E-state index contributed by atoms with van der Waals surface area (Å²) in [4.78, 5) is 30.4. The van der Waals surface area contributed by atoms with Crippen LogP contribution in [-0.2, 0) is 9.59 Å². The second kappa shape index (κ2) is 4.68. The first kappa shape index (κ1) is 13.6. The van der Waals surface area contributed by atoms with Gasteiger partial charge in [0.25, 0.3) is 0 Å². The van der Waals surface area contributed by atoms with E-state index in [4.69, 9.17) is 5.11 Å². The Balaban J connectivity index is 2.04. The van der Waals surface area contributed by atoms with E-state index in [-0.39, 0.29) is 11.9 Å². The fraction of sp³-hybridized carbons (Fsp3) is 0.615. The lowest BCUT2D eigenvalue weighted by atomic mass is 10.1. The predicted molar refractivity (Wildman–Crippen MR) is 68.2 cm³/mol. The summed E-state index contributed by atoms with van der Waals surface area (Å²) >= 11 is 0. The molecule has 6 nitrogen and oxygen atoms in total. The second-order valence-electron chi connectivity index (χ2n) is 5.56. The molecule has 1 saturated carbocycles. The molecule has 1 aromatic heterocycles. The summed E-state index contributed by atoms with van der Waals surface area (Å²) in [7, 11) is 0. The molecule has 0 radical (unpaired) electrons. The summed E-state index contributed by atoms with van der Waals surface area (Å²) in [5.74, 6) is -1.48. The number of imidazole rings is 1. The number of amides is 1. The molecule has 3 N–H and O–H groups in total. The van der Waals surface area contributed by atoms with Crippen LogP contribution in [0.25, 0.3) is 0 Å². The third-order valence-electron chi connectivity index (χ3n) is 3.95. The number of hydrogen-bond donors (Lipinski definition) is 3. The number of carboxylic acids is 1. The fourth-order valence-electron chi connectivity index (χ4n) is 2.68. The van der Waals surface area contributed by atoms with Crippen molar-refractivity contribution in [1.82, 2.24) is 15.3 Å². The summed E-state index contributed by atoms with van der Waals surface area (Å²) in [6, 6.07) is -0.201. The Labute approximate surface area is 111 Å². The van der Waals surface area contributed by atoms with Crippen molar-refractivity contribution >= 4 is 11.9 Å². The lowest BCUT2D eigenvalue weighted by Gasteiger charge is -2.15. The van der Waals surface area contributed by atoms with Crippen molar-refractivity contribution in [3.05, 3.63) is 18.2 Å². The summed E-state index contributed by atoms with van der Waals surface area (Å²) in [5, 5.41) is 12.0. The van der Waals surface area contributed by atoms with Crippen LogP contribution in [0.4, 0.5) is 0 Å². The molecule has 104 valence electrons. The van der Waals surface area contributed by atoms with Crippen LogP contribution < -0.4 is 5.32 Å². The minimum Gasteiger partial charge on any atom is -0.481 e. The number of aliphatic carboxylic acids is 1. The zero-order chi connectivity index (χ0) is 14.2. The van der Waals surface area contributed by atoms with Gasteiger partial charge in [-0.3, -0.25) is 9.59 Å². The van der Waals surface area contributed by atoms with Crippen molar-refractivity contribution in [2.75, 3.05) is 0 Å². The van der Waals surface area contributed by atoms with E-state index in [0.717, 1.165) is 0 Å². The van der Waals surface area contributed by atoms with E-state index >= 15 is 0 Å². The van der Waals surface area contributed by atoms with Crippen LogP contribution in [0.2, 0.25) is 0 Å². The molecule has 0 spiro atoms. The van der Waals surface area contributed by atoms with Crippen molar-refractivity contribution < 1.29 is 14.7 Å². The predicted octanol–water partition coefficient (Wildman–Crippen LogP) is 1.33. The maximum Gasteiger partial charge on any atom is 0.307 e. The Kier molecular flexibility index (Phi) is 3.34. The Morgan fingerprint density at radius 1 is 1.53 bits per heavy atom. The molecule has 1 aromatic rings. The first-order chi connectivity index (χ1) is 8.89. The monoisotopic (exact) mass is 265 g/mol. The van der Waals surface area contributed by atoms with E-state index in [9.17, 15) is 9.59 Å². The van der Waals surface area contributed by atoms with E-state index in [1.807, 2.05) is 20.8 Å². The number of hydrogen-bond acceptors (Lipinski definition) is 3. The molecule has 3 atom stereocenters. The Morgan fingerprint density at radius 2 is 2.21 bits per heavy atom. The largest absolute Gasteiger partial charge is 0.481 e. The van der Waals surface area contributed by atoms with Gasteiger partial charge >= 0.3 is 5.97 Å². The van der Waals surface area contributed by atoms with Crippen LogP contribution in [-0.4, -0.2) is 27.0 Å². The summed E-state index contributed by atoms with van der Waals surface area (Å²) < 4.78 is 0. The minimum atomic E-state index is -0.906. The molecule has 1 unspecified atom stereocenters. The highest BCUT2D eigenvalue weighted by Crippen LogP contribution is 2.58. The van der Waals surface area contributed by atoms with Gasteiger partial charge in [0, 0.05) is 12.4 Å². The normalized spacial score (nSPS) is 25.6.